The van der Waals surface area contributed by atoms with Crippen LogP contribution >= 0.6 is 0 Å². The molecule has 4 N–H and O–H groups in total. The monoisotopic (exact) mass is 428 g/mol. The van der Waals surface area contributed by atoms with Gasteiger partial charge in [-0.25, -0.2) is 5.14 Å². The molecule has 0 bridgehead atoms. The second-order valence-corrected chi connectivity index (χ2v) is 10.4. The summed E-state index contributed by atoms with van der Waals surface area (Å²) in [6, 6.07) is 5.24. The van der Waals surface area contributed by atoms with Gasteiger partial charge in [-0.15, -0.1) is 0 Å². The lowest BCUT2D eigenvalue weighted by molar-refractivity contribution is 0.0626. The summed E-state index contributed by atoms with van der Waals surface area (Å²) in [5, 5.41) is 10.1. The van der Waals surface area contributed by atoms with E-state index in [2.05, 4.69) is 6.92 Å². The molecule has 28 heavy (non-hydrogen) atoms. The zero-order valence-corrected chi connectivity index (χ0v) is 17.2. The number of rotatable bonds is 4. The average molecular weight is 429 g/mol. The van der Waals surface area contributed by atoms with E-state index in [0.717, 1.165) is 43.2 Å². The van der Waals surface area contributed by atoms with Gasteiger partial charge in [0, 0.05) is 5.41 Å². The number of benzene rings is 1. The van der Waals surface area contributed by atoms with Crippen LogP contribution in [0.1, 0.15) is 50.2 Å². The van der Waals surface area contributed by atoms with Gasteiger partial charge in [0.15, 0.2) is 0 Å². The van der Waals surface area contributed by atoms with Crippen molar-refractivity contribution in [2.24, 2.45) is 21.6 Å². The topological polar surface area (TPSA) is 139 Å². The van der Waals surface area contributed by atoms with E-state index in [9.17, 15) is 16.8 Å². The van der Waals surface area contributed by atoms with E-state index in [-0.39, 0.29) is 17.1 Å². The molecule has 1 saturated carbocycles. The number of hydrogen-bond donors (Lipinski definition) is 2. The van der Waals surface area contributed by atoms with Crippen molar-refractivity contribution < 1.29 is 25.2 Å². The Kier molecular flexibility index (Phi) is 4.63. The van der Waals surface area contributed by atoms with Gasteiger partial charge in [-0.3, -0.25) is 4.18 Å². The Balaban J connectivity index is 1.67. The first-order valence-corrected chi connectivity index (χ1v) is 12.2. The molecule has 1 fully saturated rings. The van der Waals surface area contributed by atoms with E-state index in [4.69, 9.17) is 18.6 Å². The molecular formula is C18H24N2O6S2. The summed E-state index contributed by atoms with van der Waals surface area (Å²) >= 11 is 0. The maximum atomic E-state index is 11.5. The molecule has 0 spiro atoms. The fraction of sp³-hybridized carbons (Fsp3) is 0.556. The fourth-order valence-electron chi connectivity index (χ4n) is 5.35. The highest BCUT2D eigenvalue weighted by Gasteiger charge is 2.52. The van der Waals surface area contributed by atoms with E-state index in [1.807, 2.05) is 6.07 Å². The molecule has 8 nitrogen and oxygen atoms in total. The summed E-state index contributed by atoms with van der Waals surface area (Å²) in [6.07, 6.45) is 4.39. The average Bonchev–Trinajstić information content (AvgIpc) is 2.88. The third-order valence-electron chi connectivity index (χ3n) is 6.50. The Hall–Kier alpha value is -1.46. The molecule has 10 heteroatoms. The van der Waals surface area contributed by atoms with Crippen molar-refractivity contribution in [2.45, 2.75) is 51.6 Å². The van der Waals surface area contributed by atoms with E-state index in [1.54, 1.807) is 12.1 Å². The molecule has 3 aliphatic carbocycles. The summed E-state index contributed by atoms with van der Waals surface area (Å²) in [7, 11) is -8.04. The summed E-state index contributed by atoms with van der Waals surface area (Å²) in [4.78, 5) is 0. The van der Waals surface area contributed by atoms with Crippen LogP contribution in [-0.4, -0.2) is 22.9 Å². The summed E-state index contributed by atoms with van der Waals surface area (Å²) in [5.74, 6) is 0.477. The molecule has 0 aliphatic heterocycles. The molecule has 0 amide bonds. The van der Waals surface area contributed by atoms with Crippen molar-refractivity contribution in [3.8, 4) is 5.75 Å². The molecular weight excluding hydrogens is 404 g/mol. The highest BCUT2D eigenvalue weighted by molar-refractivity contribution is 7.84. The zero-order chi connectivity index (χ0) is 20.3. The van der Waals surface area contributed by atoms with Gasteiger partial charge < -0.3 is 4.18 Å². The minimum atomic E-state index is -4.05. The number of allylic oxidation sites excluding steroid dienone is 2. The van der Waals surface area contributed by atoms with Crippen LogP contribution in [0.5, 0.6) is 5.75 Å². The smallest absolute Gasteiger partial charge is 0.371 e. The van der Waals surface area contributed by atoms with Gasteiger partial charge in [0.1, 0.15) is 5.75 Å². The Morgan fingerprint density at radius 2 is 1.79 bits per heavy atom. The molecule has 0 heterocycles. The minimum absolute atomic E-state index is 0.216. The lowest BCUT2D eigenvalue weighted by Crippen LogP contribution is -2.40. The van der Waals surface area contributed by atoms with Gasteiger partial charge >= 0.3 is 20.6 Å². The van der Waals surface area contributed by atoms with Crippen molar-refractivity contribution in [3.63, 3.8) is 0 Å². The van der Waals surface area contributed by atoms with Gasteiger partial charge in [0.05, 0.1) is 6.10 Å². The largest absolute Gasteiger partial charge is 0.380 e. The van der Waals surface area contributed by atoms with Gasteiger partial charge in [-0.2, -0.15) is 22.0 Å². The molecule has 0 aromatic heterocycles. The van der Waals surface area contributed by atoms with E-state index < -0.39 is 26.7 Å². The second kappa shape index (κ2) is 6.53. The van der Waals surface area contributed by atoms with E-state index in [0.29, 0.717) is 6.42 Å². The van der Waals surface area contributed by atoms with Crippen molar-refractivity contribution in [2.75, 3.05) is 0 Å². The number of aryl methyl sites for hydroxylation is 1. The standard InChI is InChI=1S/C18H24N2O6S2/c1-18-9-8-14-13-5-3-12(25-27(19,21)22)10-11(13)2-4-15(14)16(18)6-7-17(18)26-28(20,23)24/h3,5,10,16-17H,2,4,6-9H2,1H3,(H2,19,21,22)(H2,20,23,24)/t16-,17-,18-/m0/s1. The molecule has 1 aromatic carbocycles. The highest BCUT2D eigenvalue weighted by atomic mass is 32.2. The molecule has 0 unspecified atom stereocenters. The van der Waals surface area contributed by atoms with Crippen molar-refractivity contribution >= 4 is 26.2 Å². The predicted molar refractivity (Wildman–Crippen MR) is 103 cm³/mol. The molecule has 4 rings (SSSR count). The van der Waals surface area contributed by atoms with Gasteiger partial charge in [-0.05, 0) is 73.3 Å². The maximum absolute atomic E-state index is 11.5. The van der Waals surface area contributed by atoms with Crippen LogP contribution in [-0.2, 0) is 31.2 Å². The highest BCUT2D eigenvalue weighted by Crippen LogP contribution is 2.59. The van der Waals surface area contributed by atoms with Crippen LogP contribution in [0, 0.1) is 11.3 Å². The lowest BCUT2D eigenvalue weighted by Gasteiger charge is -2.44. The van der Waals surface area contributed by atoms with Crippen LogP contribution in [0.25, 0.3) is 5.57 Å². The molecule has 154 valence electrons. The zero-order valence-electron chi connectivity index (χ0n) is 15.6. The number of fused-ring (bicyclic) bond motifs is 4. The van der Waals surface area contributed by atoms with Gasteiger partial charge in [0.2, 0.25) is 0 Å². The summed E-state index contributed by atoms with van der Waals surface area (Å²) < 4.78 is 55.3. The van der Waals surface area contributed by atoms with Crippen molar-refractivity contribution in [1.29, 1.82) is 0 Å². The quantitative estimate of drug-likeness (QED) is 0.749. The summed E-state index contributed by atoms with van der Waals surface area (Å²) in [6.45, 7) is 2.10. The molecule has 0 radical (unpaired) electrons. The first-order chi connectivity index (χ1) is 13.0. The van der Waals surface area contributed by atoms with Crippen LogP contribution < -0.4 is 14.5 Å². The molecule has 0 saturated heterocycles. The number of nitrogens with two attached hydrogens (primary N) is 2. The maximum Gasteiger partial charge on any atom is 0.380 e. The predicted octanol–water partition coefficient (Wildman–Crippen LogP) is 1.77. The van der Waals surface area contributed by atoms with Gasteiger partial charge in [0.25, 0.3) is 0 Å². The van der Waals surface area contributed by atoms with Crippen LogP contribution in [0.2, 0.25) is 0 Å². The molecule has 3 atom stereocenters. The van der Waals surface area contributed by atoms with Gasteiger partial charge in [-0.1, -0.05) is 18.6 Å². The SMILES string of the molecule is C[C@]12CCC3=C(CCc4cc(OS(N)(=O)=O)ccc43)[C@@H]1CC[C@@H]2OS(N)(=O)=O. The van der Waals surface area contributed by atoms with Crippen molar-refractivity contribution in [1.82, 2.24) is 0 Å². The second-order valence-electron chi connectivity index (χ2n) is 8.11. The third-order valence-corrected chi connectivity index (χ3v) is 7.42. The number of hydrogen-bond acceptors (Lipinski definition) is 6. The Labute approximate surface area is 165 Å². The van der Waals surface area contributed by atoms with Crippen LogP contribution in [0.3, 0.4) is 0 Å². The Bertz CT molecular complexity index is 1060. The minimum Gasteiger partial charge on any atom is -0.371 e. The van der Waals surface area contributed by atoms with E-state index in [1.165, 1.54) is 11.1 Å². The Morgan fingerprint density at radius 3 is 2.46 bits per heavy atom. The van der Waals surface area contributed by atoms with Crippen LogP contribution in [0.4, 0.5) is 0 Å². The normalized spacial score (nSPS) is 29.8. The lowest BCUT2D eigenvalue weighted by atomic mass is 9.62. The summed E-state index contributed by atoms with van der Waals surface area (Å²) in [5.41, 5.74) is 4.54. The fourth-order valence-corrected chi connectivity index (χ4v) is 6.37. The first-order valence-electron chi connectivity index (χ1n) is 9.25. The Morgan fingerprint density at radius 1 is 1.04 bits per heavy atom. The van der Waals surface area contributed by atoms with Crippen molar-refractivity contribution in [3.05, 3.63) is 34.9 Å². The molecule has 3 aliphatic rings. The third kappa shape index (κ3) is 3.59. The first kappa shape index (κ1) is 19.8. The van der Waals surface area contributed by atoms with E-state index >= 15 is 0 Å². The van der Waals surface area contributed by atoms with Crippen LogP contribution in [0.15, 0.2) is 23.8 Å². The molecule has 1 aromatic rings.